The first kappa shape index (κ1) is 23.6. The van der Waals surface area contributed by atoms with E-state index in [0.717, 1.165) is 21.9 Å². The third-order valence-corrected chi connectivity index (χ3v) is 5.56. The minimum Gasteiger partial charge on any atom is -0.468 e. The number of alkyl halides is 3. The van der Waals surface area contributed by atoms with Crippen LogP contribution in [-0.4, -0.2) is 27.3 Å². The van der Waals surface area contributed by atoms with Crippen molar-refractivity contribution in [2.75, 3.05) is 6.61 Å². The van der Waals surface area contributed by atoms with Crippen molar-refractivity contribution >= 4 is 17.5 Å². The number of hydrogen-bond donors (Lipinski definition) is 1. The van der Waals surface area contributed by atoms with Gasteiger partial charge in [-0.3, -0.25) is 9.78 Å². The average Bonchev–Trinajstić information content (AvgIpc) is 3.27. The predicted octanol–water partition coefficient (Wildman–Crippen LogP) is 5.21. The zero-order chi connectivity index (χ0) is 24.1. The van der Waals surface area contributed by atoms with Crippen LogP contribution in [0, 0.1) is 0 Å². The number of carbonyl (C=O) groups is 1. The molecule has 0 saturated heterocycles. The predicted molar refractivity (Wildman–Crippen MR) is 120 cm³/mol. The van der Waals surface area contributed by atoms with E-state index in [9.17, 15) is 18.0 Å². The Labute approximate surface area is 198 Å². The maximum Gasteiger partial charge on any atom is 0.435 e. The maximum atomic E-state index is 13.3. The van der Waals surface area contributed by atoms with Crippen molar-refractivity contribution in [3.05, 3.63) is 101 Å². The lowest BCUT2D eigenvalue weighted by Gasteiger charge is -2.21. The van der Waals surface area contributed by atoms with E-state index in [-0.39, 0.29) is 5.88 Å². The number of ether oxygens (including phenoxy) is 1. The maximum absolute atomic E-state index is 13.3. The van der Waals surface area contributed by atoms with Crippen LogP contribution in [0.15, 0.2) is 84.2 Å². The Morgan fingerprint density at radius 1 is 1.18 bits per heavy atom. The van der Waals surface area contributed by atoms with Gasteiger partial charge >= 0.3 is 6.18 Å². The Balaban J connectivity index is 1.53. The second-order valence-corrected chi connectivity index (χ2v) is 7.96. The van der Waals surface area contributed by atoms with Gasteiger partial charge in [-0.1, -0.05) is 54.1 Å². The summed E-state index contributed by atoms with van der Waals surface area (Å²) in [4.78, 5) is 16.8. The average molecular weight is 489 g/mol. The summed E-state index contributed by atoms with van der Waals surface area (Å²) in [6.07, 6.45) is 3.95. The summed E-state index contributed by atoms with van der Waals surface area (Å²) in [5.41, 5.74) is 0.503. The van der Waals surface area contributed by atoms with Gasteiger partial charge in [0.05, 0.1) is 12.1 Å². The molecule has 1 N–H and O–H groups in total. The smallest absolute Gasteiger partial charge is 0.435 e. The van der Waals surface area contributed by atoms with Gasteiger partial charge in [0, 0.05) is 23.5 Å². The van der Waals surface area contributed by atoms with Crippen LogP contribution in [0.3, 0.4) is 0 Å². The van der Waals surface area contributed by atoms with Gasteiger partial charge in [0.25, 0.3) is 5.91 Å². The third kappa shape index (κ3) is 5.48. The number of benzene rings is 1. The summed E-state index contributed by atoms with van der Waals surface area (Å²) in [5, 5.41) is 6.85. The van der Waals surface area contributed by atoms with Crippen molar-refractivity contribution in [2.45, 2.75) is 24.7 Å². The number of aromatic nitrogens is 3. The number of carbonyl (C=O) groups excluding carboxylic acids is 1. The molecule has 0 bridgehead atoms. The van der Waals surface area contributed by atoms with Crippen molar-refractivity contribution < 1.29 is 22.7 Å². The topological polar surface area (TPSA) is 69.0 Å². The van der Waals surface area contributed by atoms with E-state index in [1.54, 1.807) is 42.8 Å². The first-order chi connectivity index (χ1) is 16.3. The van der Waals surface area contributed by atoms with Gasteiger partial charge in [-0.2, -0.15) is 18.3 Å². The van der Waals surface area contributed by atoms with E-state index in [2.05, 4.69) is 15.4 Å². The third-order valence-electron chi connectivity index (χ3n) is 5.19. The van der Waals surface area contributed by atoms with Crippen molar-refractivity contribution in [1.29, 1.82) is 0 Å². The number of rotatable bonds is 7. The van der Waals surface area contributed by atoms with E-state index >= 15 is 0 Å². The lowest BCUT2D eigenvalue weighted by molar-refractivity contribution is -0.141. The molecule has 10 heteroatoms. The molecule has 34 heavy (non-hydrogen) atoms. The van der Waals surface area contributed by atoms with E-state index in [1.807, 2.05) is 30.3 Å². The highest BCUT2D eigenvalue weighted by Crippen LogP contribution is 2.36. The minimum atomic E-state index is -4.67. The van der Waals surface area contributed by atoms with Crippen LogP contribution in [0.4, 0.5) is 13.2 Å². The van der Waals surface area contributed by atoms with E-state index in [4.69, 9.17) is 16.3 Å². The summed E-state index contributed by atoms with van der Waals surface area (Å²) in [5.74, 6) is -0.716. The van der Waals surface area contributed by atoms with Gasteiger partial charge in [-0.25, -0.2) is 4.68 Å². The lowest BCUT2D eigenvalue weighted by Crippen LogP contribution is -2.33. The summed E-state index contributed by atoms with van der Waals surface area (Å²) in [6.45, 7) is -0.513. The molecule has 0 radical (unpaired) electrons. The monoisotopic (exact) mass is 488 g/mol. The first-order valence-electron chi connectivity index (χ1n) is 10.4. The molecule has 0 saturated carbocycles. The molecule has 176 valence electrons. The van der Waals surface area contributed by atoms with Crippen molar-refractivity contribution in [3.8, 4) is 5.88 Å². The van der Waals surface area contributed by atoms with Crippen LogP contribution in [-0.2, 0) is 11.0 Å². The molecule has 1 aliphatic rings. The van der Waals surface area contributed by atoms with Gasteiger partial charge in [0.2, 0.25) is 5.88 Å². The van der Waals surface area contributed by atoms with Crippen molar-refractivity contribution in [3.63, 3.8) is 0 Å². The second-order valence-electron chi connectivity index (χ2n) is 7.52. The normalized spacial score (nSPS) is 16.6. The number of nitrogens with one attached hydrogen (secondary N) is 1. The molecule has 1 amide bonds. The molecule has 0 aliphatic heterocycles. The highest BCUT2D eigenvalue weighted by Gasteiger charge is 2.37. The Hall–Kier alpha value is -3.59. The molecule has 2 atom stereocenters. The van der Waals surface area contributed by atoms with Gasteiger partial charge in [0.1, 0.15) is 0 Å². The quantitative estimate of drug-likeness (QED) is 0.496. The molecule has 0 spiro atoms. The number of allylic oxidation sites excluding steroid dienone is 4. The van der Waals surface area contributed by atoms with Gasteiger partial charge in [0.15, 0.2) is 12.3 Å². The van der Waals surface area contributed by atoms with E-state index in [0.29, 0.717) is 11.5 Å². The first-order valence-corrected chi connectivity index (χ1v) is 10.8. The molecule has 1 aliphatic carbocycles. The molecule has 3 aromatic rings. The summed E-state index contributed by atoms with van der Waals surface area (Å²) in [7, 11) is 0. The standard InChI is InChI=1S/C24H20ClF3N4O2/c25-18-8-4-5-9-19(18)32-22(14-20(31-32)24(26,27)28)34-15-21(33)30-23(16-6-2-1-3-7-16)17-10-12-29-13-11-17/h1-8,10-14,19,23H,9,15H2,(H,30,33). The molecular weight excluding hydrogens is 469 g/mol. The number of halogens is 4. The highest BCUT2D eigenvalue weighted by molar-refractivity contribution is 6.30. The number of nitrogens with zero attached hydrogens (tertiary/aromatic N) is 3. The van der Waals surface area contributed by atoms with Crippen molar-refractivity contribution in [2.24, 2.45) is 0 Å². The summed E-state index contributed by atoms with van der Waals surface area (Å²) >= 11 is 6.21. The van der Waals surface area contributed by atoms with Crippen LogP contribution in [0.2, 0.25) is 0 Å². The van der Waals surface area contributed by atoms with Crippen LogP contribution < -0.4 is 10.1 Å². The number of hydrogen-bond acceptors (Lipinski definition) is 4. The molecule has 4 rings (SSSR count). The summed E-state index contributed by atoms with van der Waals surface area (Å²) < 4.78 is 46.5. The van der Waals surface area contributed by atoms with Gasteiger partial charge in [-0.15, -0.1) is 0 Å². The van der Waals surface area contributed by atoms with Crippen LogP contribution in [0.5, 0.6) is 5.88 Å². The van der Waals surface area contributed by atoms with Crippen LogP contribution >= 0.6 is 11.6 Å². The van der Waals surface area contributed by atoms with Crippen LogP contribution in [0.25, 0.3) is 0 Å². The molecule has 0 fully saturated rings. The zero-order valence-electron chi connectivity index (χ0n) is 17.7. The number of pyridine rings is 1. The fourth-order valence-corrected chi connectivity index (χ4v) is 3.81. The Kier molecular flexibility index (Phi) is 7.02. The van der Waals surface area contributed by atoms with Gasteiger partial charge in [-0.05, 0) is 35.8 Å². The largest absolute Gasteiger partial charge is 0.468 e. The molecule has 6 nitrogen and oxygen atoms in total. The van der Waals surface area contributed by atoms with Gasteiger partial charge < -0.3 is 10.1 Å². The molecule has 1 aromatic carbocycles. The fraction of sp³-hybridized carbons (Fsp3) is 0.208. The van der Waals surface area contributed by atoms with E-state index < -0.39 is 36.5 Å². The Bertz CT molecular complexity index is 1150. The molecule has 2 unspecified atom stereocenters. The Morgan fingerprint density at radius 3 is 2.56 bits per heavy atom. The number of amides is 1. The molecular formula is C24H20ClF3N4O2. The second kappa shape index (κ2) is 10.1. The minimum absolute atomic E-state index is 0.200. The molecule has 2 heterocycles. The van der Waals surface area contributed by atoms with E-state index in [1.165, 1.54) is 0 Å². The van der Waals surface area contributed by atoms with Crippen LogP contribution in [0.1, 0.15) is 35.3 Å². The van der Waals surface area contributed by atoms with Crippen molar-refractivity contribution in [1.82, 2.24) is 20.1 Å². The highest BCUT2D eigenvalue weighted by atomic mass is 35.5. The SMILES string of the molecule is O=C(COc1cc(C(F)(F)F)nn1C1CC=CC=C1Cl)NC(c1ccccc1)c1ccncc1. The Morgan fingerprint density at radius 2 is 1.88 bits per heavy atom. The summed E-state index contributed by atoms with van der Waals surface area (Å²) in [6, 6.07) is 12.4. The fourth-order valence-electron chi connectivity index (χ4n) is 3.56. The molecule has 2 aromatic heterocycles. The lowest BCUT2D eigenvalue weighted by atomic mass is 10.00. The zero-order valence-corrected chi connectivity index (χ0v) is 18.5.